The number of halogens is 2. The van der Waals surface area contributed by atoms with Crippen molar-refractivity contribution in [2.24, 2.45) is 13.0 Å². The molecule has 3 saturated carbocycles. The topological polar surface area (TPSA) is 85.9 Å². The van der Waals surface area contributed by atoms with Gasteiger partial charge in [0.2, 0.25) is 5.92 Å². The first-order chi connectivity index (χ1) is 16.2. The van der Waals surface area contributed by atoms with Crippen LogP contribution in [0.4, 0.5) is 8.78 Å². The van der Waals surface area contributed by atoms with E-state index in [4.69, 9.17) is 0 Å². The van der Waals surface area contributed by atoms with Crippen molar-refractivity contribution in [3.8, 4) is 11.4 Å². The van der Waals surface area contributed by atoms with Crippen molar-refractivity contribution in [3.63, 3.8) is 0 Å². The molecule has 0 amide bonds. The first-order valence-corrected chi connectivity index (χ1v) is 13.7. The van der Waals surface area contributed by atoms with E-state index < -0.39 is 20.5 Å². The number of hydrogen-bond donors (Lipinski definition) is 0. The fraction of sp³-hybridized carbons (Fsp3) is 0.696. The summed E-state index contributed by atoms with van der Waals surface area (Å²) in [4.78, 5) is 2.09. The van der Waals surface area contributed by atoms with E-state index in [0.29, 0.717) is 38.2 Å². The van der Waals surface area contributed by atoms with Gasteiger partial charge in [-0.05, 0) is 44.4 Å². The van der Waals surface area contributed by atoms with Gasteiger partial charge < -0.3 is 4.90 Å². The molecule has 0 saturated heterocycles. The van der Waals surface area contributed by atoms with Crippen LogP contribution in [0, 0.1) is 5.92 Å². The molecule has 0 radical (unpaired) electrons. The van der Waals surface area contributed by atoms with E-state index >= 15 is 0 Å². The van der Waals surface area contributed by atoms with Crippen LogP contribution >= 0.6 is 0 Å². The molecule has 34 heavy (non-hydrogen) atoms. The molecule has 3 aliphatic carbocycles. The van der Waals surface area contributed by atoms with E-state index in [9.17, 15) is 17.2 Å². The van der Waals surface area contributed by atoms with Crippen LogP contribution in [0.2, 0.25) is 0 Å². The quantitative estimate of drug-likeness (QED) is 0.582. The average Bonchev–Trinajstić information content (AvgIpc) is 3.71. The summed E-state index contributed by atoms with van der Waals surface area (Å²) in [6.07, 6.45) is 9.94. The Kier molecular flexibility index (Phi) is 4.96. The van der Waals surface area contributed by atoms with Gasteiger partial charge in [-0.25, -0.2) is 17.2 Å². The summed E-state index contributed by atoms with van der Waals surface area (Å²) in [5, 5.41) is 15.0. The Morgan fingerprint density at radius 1 is 1.12 bits per heavy atom. The molecule has 3 heterocycles. The Morgan fingerprint density at radius 3 is 2.53 bits per heavy atom. The summed E-state index contributed by atoms with van der Waals surface area (Å²) in [6.45, 7) is 1.73. The van der Waals surface area contributed by atoms with E-state index in [-0.39, 0.29) is 24.0 Å². The van der Waals surface area contributed by atoms with Crippen LogP contribution in [0.1, 0.15) is 51.4 Å². The molecular formula is C23H30F2N6O2S. The second kappa shape index (κ2) is 7.60. The molecule has 184 valence electrons. The number of nitrogens with zero attached hydrogens (tertiary/aromatic N) is 6. The van der Waals surface area contributed by atoms with Gasteiger partial charge in [0.1, 0.15) is 11.4 Å². The largest absolute Gasteiger partial charge is 0.370 e. The third kappa shape index (κ3) is 3.85. The SMILES string of the molecule is Cn1nc(-c2cn(CC3CCC(F)(F)CC3)nn2)c2c1=CN(CC1(S(=O)(=O)C3CC3)CC1)CC=2. The van der Waals surface area contributed by atoms with E-state index in [1.54, 1.807) is 9.36 Å². The second-order valence-corrected chi connectivity index (χ2v) is 13.2. The highest BCUT2D eigenvalue weighted by Gasteiger charge is 2.59. The summed E-state index contributed by atoms with van der Waals surface area (Å²) in [5.74, 6) is -2.35. The lowest BCUT2D eigenvalue weighted by Gasteiger charge is -2.27. The molecule has 0 unspecified atom stereocenters. The lowest BCUT2D eigenvalue weighted by atomic mass is 9.87. The fourth-order valence-corrected chi connectivity index (χ4v) is 7.94. The molecule has 0 aromatic carbocycles. The van der Waals surface area contributed by atoms with Crippen molar-refractivity contribution in [1.29, 1.82) is 0 Å². The highest BCUT2D eigenvalue weighted by atomic mass is 32.2. The van der Waals surface area contributed by atoms with Gasteiger partial charge in [-0.3, -0.25) is 9.36 Å². The number of aromatic nitrogens is 5. The van der Waals surface area contributed by atoms with Gasteiger partial charge >= 0.3 is 0 Å². The molecule has 1 aliphatic heterocycles. The Balaban J connectivity index is 1.20. The molecule has 8 nitrogen and oxygen atoms in total. The van der Waals surface area contributed by atoms with Gasteiger partial charge in [0.15, 0.2) is 9.84 Å². The molecule has 0 N–H and O–H groups in total. The maximum absolute atomic E-state index is 13.4. The average molecular weight is 493 g/mol. The molecular weight excluding hydrogens is 462 g/mol. The summed E-state index contributed by atoms with van der Waals surface area (Å²) in [5.41, 5.74) is 1.40. The third-order valence-electron chi connectivity index (χ3n) is 7.89. The lowest BCUT2D eigenvalue weighted by Crippen LogP contribution is -2.43. The highest BCUT2D eigenvalue weighted by molar-refractivity contribution is 7.94. The Labute approximate surface area is 197 Å². The number of rotatable bonds is 7. The Morgan fingerprint density at radius 2 is 1.85 bits per heavy atom. The zero-order valence-corrected chi connectivity index (χ0v) is 20.1. The first kappa shape index (κ1) is 22.2. The minimum absolute atomic E-state index is 0.0580. The molecule has 3 fully saturated rings. The Bertz CT molecular complexity index is 1330. The van der Waals surface area contributed by atoms with Crippen molar-refractivity contribution in [2.75, 3.05) is 13.1 Å². The van der Waals surface area contributed by atoms with Gasteiger partial charge in [-0.2, -0.15) is 5.10 Å². The third-order valence-corrected chi connectivity index (χ3v) is 11.0. The van der Waals surface area contributed by atoms with Crippen LogP contribution in [-0.2, 0) is 23.4 Å². The number of sulfone groups is 1. The van der Waals surface area contributed by atoms with Crippen molar-refractivity contribution in [1.82, 2.24) is 29.7 Å². The number of fused-ring (bicyclic) bond motifs is 1. The predicted octanol–water partition coefficient (Wildman–Crippen LogP) is 1.45. The minimum atomic E-state index is -3.06. The summed E-state index contributed by atoms with van der Waals surface area (Å²) in [6, 6.07) is 0. The molecule has 11 heteroatoms. The fourth-order valence-electron chi connectivity index (χ4n) is 5.46. The molecule has 2 aromatic heterocycles. The lowest BCUT2D eigenvalue weighted by molar-refractivity contribution is -0.0476. The van der Waals surface area contributed by atoms with Gasteiger partial charge in [-0.1, -0.05) is 11.3 Å². The van der Waals surface area contributed by atoms with Crippen molar-refractivity contribution in [2.45, 2.75) is 73.8 Å². The normalized spacial score (nSPS) is 23.8. The van der Waals surface area contributed by atoms with Crippen molar-refractivity contribution < 1.29 is 17.2 Å². The predicted molar refractivity (Wildman–Crippen MR) is 123 cm³/mol. The molecule has 0 bridgehead atoms. The molecule has 6 rings (SSSR count). The van der Waals surface area contributed by atoms with Crippen LogP contribution in [0.3, 0.4) is 0 Å². The van der Waals surface area contributed by atoms with E-state index in [1.807, 2.05) is 19.4 Å². The van der Waals surface area contributed by atoms with Crippen LogP contribution in [-0.4, -0.2) is 67.1 Å². The zero-order chi connectivity index (χ0) is 23.7. The number of hydrogen-bond acceptors (Lipinski definition) is 6. The van der Waals surface area contributed by atoms with Gasteiger partial charge in [0.05, 0.1) is 21.5 Å². The Hall–Kier alpha value is -2.30. The minimum Gasteiger partial charge on any atom is -0.370 e. The van der Waals surface area contributed by atoms with Crippen LogP contribution in [0.25, 0.3) is 23.7 Å². The van der Waals surface area contributed by atoms with Gasteiger partial charge in [-0.15, -0.1) is 5.10 Å². The van der Waals surface area contributed by atoms with E-state index in [2.05, 4.69) is 26.4 Å². The molecule has 4 aliphatic rings. The van der Waals surface area contributed by atoms with E-state index in [0.717, 1.165) is 41.9 Å². The van der Waals surface area contributed by atoms with Crippen molar-refractivity contribution >= 4 is 22.1 Å². The maximum Gasteiger partial charge on any atom is 0.248 e. The maximum atomic E-state index is 13.4. The zero-order valence-electron chi connectivity index (χ0n) is 19.3. The standard InChI is InChI=1S/C23H30F2N6O2S/c1-29-20-14-30(15-22(9-10-22)34(32,33)17-2-3-17)11-6-18(20)21(27-29)19-13-31(28-26-19)12-16-4-7-23(24,25)8-5-16/h6,13-14,16-17H,2-5,7-12,15H2,1H3. The van der Waals surface area contributed by atoms with Crippen molar-refractivity contribution in [3.05, 3.63) is 16.8 Å². The van der Waals surface area contributed by atoms with E-state index in [1.165, 1.54) is 0 Å². The number of alkyl halides is 2. The summed E-state index contributed by atoms with van der Waals surface area (Å²) in [7, 11) is -1.18. The monoisotopic (exact) mass is 492 g/mol. The second-order valence-electron chi connectivity index (χ2n) is 10.6. The highest BCUT2D eigenvalue weighted by Crippen LogP contribution is 2.50. The summed E-state index contributed by atoms with van der Waals surface area (Å²) < 4.78 is 55.6. The molecule has 2 aromatic rings. The van der Waals surface area contributed by atoms with Crippen LogP contribution in [0.15, 0.2) is 6.20 Å². The number of aryl methyl sites for hydroxylation is 1. The molecule has 0 atom stereocenters. The van der Waals surface area contributed by atoms with Gasteiger partial charge in [0.25, 0.3) is 0 Å². The smallest absolute Gasteiger partial charge is 0.248 e. The summed E-state index contributed by atoms with van der Waals surface area (Å²) >= 11 is 0. The van der Waals surface area contributed by atoms with Gasteiger partial charge in [0, 0.05) is 50.9 Å². The molecule has 0 spiro atoms. The van der Waals surface area contributed by atoms with Crippen LogP contribution in [0.5, 0.6) is 0 Å². The van der Waals surface area contributed by atoms with Crippen LogP contribution < -0.4 is 10.6 Å². The first-order valence-electron chi connectivity index (χ1n) is 12.2.